The van der Waals surface area contributed by atoms with Crippen LogP contribution in [0.3, 0.4) is 0 Å². The average Bonchev–Trinajstić information content (AvgIpc) is 3.40. The van der Waals surface area contributed by atoms with Crippen molar-refractivity contribution in [2.45, 2.75) is 45.2 Å². The van der Waals surface area contributed by atoms with Crippen molar-refractivity contribution < 1.29 is 13.9 Å². The molecule has 8 nitrogen and oxygen atoms in total. The summed E-state index contributed by atoms with van der Waals surface area (Å²) in [5.74, 6) is 0.501. The Morgan fingerprint density at radius 1 is 1.31 bits per heavy atom. The monoisotopic (exact) mass is 512 g/mol. The van der Waals surface area contributed by atoms with Crippen LogP contribution >= 0.6 is 11.3 Å². The van der Waals surface area contributed by atoms with Crippen LogP contribution in [0.1, 0.15) is 38.6 Å². The first-order valence-electron chi connectivity index (χ1n) is 12.4. The van der Waals surface area contributed by atoms with E-state index in [0.717, 1.165) is 40.3 Å². The molecular formula is C26H33FN6O2S. The molecule has 3 aromatic rings. The quantitative estimate of drug-likeness (QED) is 0.466. The van der Waals surface area contributed by atoms with E-state index >= 15 is 4.39 Å². The van der Waals surface area contributed by atoms with Gasteiger partial charge in [0, 0.05) is 66.6 Å². The molecule has 1 fully saturated rings. The van der Waals surface area contributed by atoms with Crippen molar-refractivity contribution in [1.29, 1.82) is 0 Å². The predicted octanol–water partition coefficient (Wildman–Crippen LogP) is 2.99. The zero-order valence-corrected chi connectivity index (χ0v) is 22.0. The number of nitrogens with one attached hydrogen (secondary N) is 2. The zero-order valence-electron chi connectivity index (χ0n) is 21.2. The molecule has 5 rings (SSSR count). The number of rotatable bonds is 6. The lowest BCUT2D eigenvalue weighted by atomic mass is 9.91. The second-order valence-corrected chi connectivity index (χ2v) is 10.9. The first kappa shape index (κ1) is 24.9. The van der Waals surface area contributed by atoms with E-state index in [1.807, 2.05) is 27.0 Å². The number of aromatic nitrogens is 2. The number of aryl methyl sites for hydroxylation is 3. The number of nitrogens with zero attached hydrogens (tertiary/aromatic N) is 3. The Labute approximate surface area is 214 Å². The number of carbonyl (C=O) groups excluding carboxylic acids is 1. The molecule has 1 saturated heterocycles. The standard InChI is InChI=1S/C26H33FN6O2S/c1-13-7-14(2)30-26-22(13)23(28)24(36-26)25(34)31-16-5-6-19-17(8-16)18(27)9-21(32-19)33-10-15(12-35-4)20(11-33)29-3/h7,9,15-16,20,29H,5-6,8,10-12,28H2,1-4H3,(H,31,34). The molecule has 1 amide bonds. The zero-order chi connectivity index (χ0) is 25.6. The van der Waals surface area contributed by atoms with Crippen LogP contribution in [0.15, 0.2) is 12.1 Å². The number of anilines is 2. The molecule has 0 radical (unpaired) electrons. The third kappa shape index (κ3) is 4.53. The smallest absolute Gasteiger partial charge is 0.263 e. The highest BCUT2D eigenvalue weighted by Gasteiger charge is 2.34. The van der Waals surface area contributed by atoms with Gasteiger partial charge in [0.15, 0.2) is 0 Å². The highest BCUT2D eigenvalue weighted by Crippen LogP contribution is 2.35. The van der Waals surface area contributed by atoms with Gasteiger partial charge in [-0.3, -0.25) is 4.79 Å². The van der Waals surface area contributed by atoms with E-state index in [0.29, 0.717) is 53.7 Å². The molecule has 10 heteroatoms. The summed E-state index contributed by atoms with van der Waals surface area (Å²) >= 11 is 1.31. The number of fused-ring (bicyclic) bond motifs is 2. The van der Waals surface area contributed by atoms with Gasteiger partial charge in [-0.1, -0.05) is 0 Å². The minimum atomic E-state index is -0.262. The Morgan fingerprint density at radius 2 is 2.11 bits per heavy atom. The summed E-state index contributed by atoms with van der Waals surface area (Å²) in [5, 5.41) is 7.25. The minimum absolute atomic E-state index is 0.181. The fourth-order valence-corrected chi connectivity index (χ4v) is 6.72. The molecule has 2 aliphatic rings. The number of carbonyl (C=O) groups is 1. The van der Waals surface area contributed by atoms with Gasteiger partial charge in [-0.15, -0.1) is 11.3 Å². The van der Waals surface area contributed by atoms with Gasteiger partial charge in [0.05, 0.1) is 12.3 Å². The second-order valence-electron chi connectivity index (χ2n) is 9.92. The van der Waals surface area contributed by atoms with Gasteiger partial charge >= 0.3 is 0 Å². The number of ether oxygens (including phenoxy) is 1. The maximum Gasteiger partial charge on any atom is 0.263 e. The van der Waals surface area contributed by atoms with E-state index in [1.54, 1.807) is 7.11 Å². The fourth-order valence-electron chi connectivity index (χ4n) is 5.60. The van der Waals surface area contributed by atoms with Crippen molar-refractivity contribution in [3.63, 3.8) is 0 Å². The molecule has 4 heterocycles. The molecule has 3 aromatic heterocycles. The third-order valence-corrected chi connectivity index (χ3v) is 8.50. The number of pyridine rings is 2. The molecule has 4 N–H and O–H groups in total. The maximum atomic E-state index is 15.3. The third-order valence-electron chi connectivity index (χ3n) is 7.40. The maximum absolute atomic E-state index is 15.3. The molecule has 3 unspecified atom stereocenters. The van der Waals surface area contributed by atoms with Crippen LogP contribution in [0.25, 0.3) is 10.2 Å². The molecule has 1 aliphatic carbocycles. The van der Waals surface area contributed by atoms with Crippen LogP contribution in [0.2, 0.25) is 0 Å². The Balaban J connectivity index is 1.31. The number of nitrogen functional groups attached to an aromatic ring is 1. The number of likely N-dealkylation sites (N-methyl/N-ethyl adjacent to an activating group) is 1. The van der Waals surface area contributed by atoms with E-state index < -0.39 is 0 Å². The Kier molecular flexibility index (Phi) is 6.84. The predicted molar refractivity (Wildman–Crippen MR) is 141 cm³/mol. The average molecular weight is 513 g/mol. The normalized spacial score (nSPS) is 21.7. The summed E-state index contributed by atoms with van der Waals surface area (Å²) in [5.41, 5.74) is 10.1. The first-order valence-corrected chi connectivity index (χ1v) is 13.2. The van der Waals surface area contributed by atoms with E-state index in [2.05, 4.69) is 20.5 Å². The number of nitrogens with two attached hydrogens (primary N) is 1. The molecular weight excluding hydrogens is 479 g/mol. The Hall–Kier alpha value is -2.82. The lowest BCUT2D eigenvalue weighted by Crippen LogP contribution is -2.39. The Morgan fingerprint density at radius 3 is 2.86 bits per heavy atom. The number of hydrogen-bond donors (Lipinski definition) is 3. The fraction of sp³-hybridized carbons (Fsp3) is 0.500. The number of hydrogen-bond acceptors (Lipinski definition) is 8. The van der Waals surface area contributed by atoms with E-state index in [-0.39, 0.29) is 23.8 Å². The highest BCUT2D eigenvalue weighted by atomic mass is 32.1. The van der Waals surface area contributed by atoms with Gasteiger partial charge in [0.25, 0.3) is 5.91 Å². The summed E-state index contributed by atoms with van der Waals surface area (Å²) in [7, 11) is 3.65. The number of halogens is 1. The van der Waals surface area contributed by atoms with Gasteiger partial charge in [0.2, 0.25) is 0 Å². The largest absolute Gasteiger partial charge is 0.397 e. The van der Waals surface area contributed by atoms with Gasteiger partial charge in [-0.25, -0.2) is 14.4 Å². The summed E-state index contributed by atoms with van der Waals surface area (Å²) in [4.78, 5) is 25.9. The minimum Gasteiger partial charge on any atom is -0.397 e. The summed E-state index contributed by atoms with van der Waals surface area (Å²) in [6.45, 7) is 6.09. The number of amides is 1. The summed E-state index contributed by atoms with van der Waals surface area (Å²) in [6, 6.07) is 3.59. The van der Waals surface area contributed by atoms with Crippen LogP contribution in [0.5, 0.6) is 0 Å². The van der Waals surface area contributed by atoms with Gasteiger partial charge < -0.3 is 26.0 Å². The molecule has 192 valence electrons. The lowest BCUT2D eigenvalue weighted by molar-refractivity contribution is 0.0938. The summed E-state index contributed by atoms with van der Waals surface area (Å²) in [6.07, 6.45) is 1.71. The topological polar surface area (TPSA) is 105 Å². The van der Waals surface area contributed by atoms with Gasteiger partial charge in [-0.05, 0) is 51.8 Å². The van der Waals surface area contributed by atoms with Crippen molar-refractivity contribution in [2.24, 2.45) is 5.92 Å². The molecule has 36 heavy (non-hydrogen) atoms. The van der Waals surface area contributed by atoms with E-state index in [4.69, 9.17) is 15.5 Å². The molecule has 3 atom stereocenters. The number of methoxy groups -OCH3 is 1. The van der Waals surface area contributed by atoms with Gasteiger partial charge in [0.1, 0.15) is 21.3 Å². The van der Waals surface area contributed by atoms with Crippen molar-refractivity contribution in [1.82, 2.24) is 20.6 Å². The Bertz CT molecular complexity index is 1310. The van der Waals surface area contributed by atoms with Crippen molar-refractivity contribution in [3.8, 4) is 0 Å². The highest BCUT2D eigenvalue weighted by molar-refractivity contribution is 7.21. The van der Waals surface area contributed by atoms with Crippen molar-refractivity contribution in [3.05, 3.63) is 45.3 Å². The first-order chi connectivity index (χ1) is 17.3. The summed E-state index contributed by atoms with van der Waals surface area (Å²) < 4.78 is 20.6. The van der Waals surface area contributed by atoms with Crippen LogP contribution in [0.4, 0.5) is 15.9 Å². The van der Waals surface area contributed by atoms with Gasteiger partial charge in [-0.2, -0.15) is 0 Å². The SMILES string of the molecule is CNC1CN(c2cc(F)c3c(n2)CCC(NC(=O)c2sc4nc(C)cc(C)c4c2N)C3)CC1COC. The van der Waals surface area contributed by atoms with E-state index in [1.165, 1.54) is 17.4 Å². The molecule has 0 aromatic carbocycles. The van der Waals surface area contributed by atoms with Crippen LogP contribution in [-0.4, -0.2) is 61.8 Å². The second kappa shape index (κ2) is 9.91. The van der Waals surface area contributed by atoms with Crippen LogP contribution in [0, 0.1) is 25.6 Å². The van der Waals surface area contributed by atoms with Crippen LogP contribution in [-0.2, 0) is 17.6 Å². The molecule has 0 spiro atoms. The molecule has 0 bridgehead atoms. The molecule has 0 saturated carbocycles. The molecule has 1 aliphatic heterocycles. The van der Waals surface area contributed by atoms with Crippen molar-refractivity contribution >= 4 is 39.0 Å². The van der Waals surface area contributed by atoms with Crippen LogP contribution < -0.4 is 21.3 Å². The van der Waals surface area contributed by atoms with Crippen molar-refractivity contribution in [2.75, 3.05) is 44.5 Å². The number of thiophene rings is 1. The lowest BCUT2D eigenvalue weighted by Gasteiger charge is -2.27. The van der Waals surface area contributed by atoms with E-state index in [9.17, 15) is 4.79 Å².